The van der Waals surface area contributed by atoms with E-state index in [4.69, 9.17) is 9.72 Å². The highest BCUT2D eigenvalue weighted by Gasteiger charge is 2.45. The van der Waals surface area contributed by atoms with Crippen molar-refractivity contribution >= 4 is 17.0 Å². The summed E-state index contributed by atoms with van der Waals surface area (Å²) in [6, 6.07) is 11.5. The Labute approximate surface area is 256 Å². The molecule has 2 bridgehead atoms. The van der Waals surface area contributed by atoms with E-state index in [1.54, 1.807) is 0 Å². The molecule has 3 saturated heterocycles. The fraction of sp³-hybridized carbons (Fsp3) is 0.778. The molecule has 2 aromatic rings. The Morgan fingerprint density at radius 2 is 1.48 bits per heavy atom. The number of carbonyl (C=O) groups is 1. The molecule has 6 nitrogen and oxygen atoms in total. The average Bonchev–Trinajstić information content (AvgIpc) is 3.66. The molecule has 1 aromatic carbocycles. The molecule has 0 N–H and O–H groups in total. The number of esters is 1. The average molecular weight is 581 g/mol. The van der Waals surface area contributed by atoms with Gasteiger partial charge in [-0.1, -0.05) is 72.9 Å². The number of imidazole rings is 1. The Kier molecular flexibility index (Phi) is 12.3. The maximum absolute atomic E-state index is 12.2. The first-order chi connectivity index (χ1) is 20.6. The number of hydrogen-bond donors (Lipinski definition) is 0. The standard InChI is InChI=1S/C32H48N4O2.2C2H6/c1-4-22-16-23(5-2)18-26(17-22)35-24-10-8-11-25(35)20-27(19-24)36-29-13-7-6-12-28(29)33-32(36)30-14-9-15-34(30)21-31(37)38-3;2*1-2/h6-7,12-13,22-27,30H,4-5,8-11,14-21H2,1-3H3;2*1-2H3. The van der Waals surface area contributed by atoms with Crippen LogP contribution in [0.1, 0.15) is 137 Å². The molecule has 0 amide bonds. The molecular weight excluding hydrogens is 520 g/mol. The van der Waals surface area contributed by atoms with Gasteiger partial charge in [-0.25, -0.2) is 4.98 Å². The number of fused-ring (bicyclic) bond motifs is 3. The fourth-order valence-corrected chi connectivity index (χ4v) is 8.86. The summed E-state index contributed by atoms with van der Waals surface area (Å²) >= 11 is 0. The van der Waals surface area contributed by atoms with Crippen molar-refractivity contribution in [1.29, 1.82) is 0 Å². The zero-order valence-electron chi connectivity index (χ0n) is 27.9. The summed E-state index contributed by atoms with van der Waals surface area (Å²) in [4.78, 5) is 22.8. The molecule has 42 heavy (non-hydrogen) atoms. The molecule has 6 heteroatoms. The molecular formula is C36H60N4O2. The van der Waals surface area contributed by atoms with Crippen LogP contribution in [0.25, 0.3) is 11.0 Å². The van der Waals surface area contributed by atoms with Crippen molar-refractivity contribution in [3.05, 3.63) is 30.1 Å². The van der Waals surface area contributed by atoms with E-state index >= 15 is 0 Å². The number of nitrogens with zero attached hydrogens (tertiary/aromatic N) is 4. The summed E-state index contributed by atoms with van der Waals surface area (Å²) in [6.07, 6.45) is 15.7. The van der Waals surface area contributed by atoms with Gasteiger partial charge in [0.1, 0.15) is 5.82 Å². The topological polar surface area (TPSA) is 50.6 Å². The lowest BCUT2D eigenvalue weighted by molar-refractivity contribution is -0.142. The van der Waals surface area contributed by atoms with Crippen LogP contribution in [-0.2, 0) is 9.53 Å². The zero-order chi connectivity index (χ0) is 30.2. The lowest BCUT2D eigenvalue weighted by Gasteiger charge is -2.55. The lowest BCUT2D eigenvalue weighted by atomic mass is 9.72. The molecule has 0 spiro atoms. The molecule has 6 rings (SSSR count). The van der Waals surface area contributed by atoms with Crippen molar-refractivity contribution in [2.24, 2.45) is 11.8 Å². The number of methoxy groups -OCH3 is 1. The Hall–Kier alpha value is -1.92. The van der Waals surface area contributed by atoms with Crippen molar-refractivity contribution in [3.63, 3.8) is 0 Å². The Morgan fingerprint density at radius 3 is 2.10 bits per heavy atom. The Morgan fingerprint density at radius 1 is 0.833 bits per heavy atom. The molecule has 1 aromatic heterocycles. The summed E-state index contributed by atoms with van der Waals surface area (Å²) in [7, 11) is 1.49. The van der Waals surface area contributed by atoms with Gasteiger partial charge in [-0.3, -0.25) is 14.6 Å². The Bertz CT molecular complexity index is 1090. The summed E-state index contributed by atoms with van der Waals surface area (Å²) in [5.41, 5.74) is 2.38. The van der Waals surface area contributed by atoms with Crippen LogP contribution in [0.3, 0.4) is 0 Å². The van der Waals surface area contributed by atoms with Crippen molar-refractivity contribution in [2.75, 3.05) is 20.2 Å². The minimum absolute atomic E-state index is 0.148. The maximum Gasteiger partial charge on any atom is 0.319 e. The van der Waals surface area contributed by atoms with Gasteiger partial charge < -0.3 is 9.30 Å². The largest absolute Gasteiger partial charge is 0.468 e. The van der Waals surface area contributed by atoms with Gasteiger partial charge in [0, 0.05) is 24.2 Å². The minimum atomic E-state index is -0.148. The highest BCUT2D eigenvalue weighted by Crippen LogP contribution is 2.47. The predicted molar refractivity (Wildman–Crippen MR) is 175 cm³/mol. The third kappa shape index (κ3) is 6.90. The van der Waals surface area contributed by atoms with E-state index < -0.39 is 0 Å². The molecule has 236 valence electrons. The third-order valence-electron chi connectivity index (χ3n) is 10.7. The van der Waals surface area contributed by atoms with E-state index in [2.05, 4.69) is 52.5 Å². The number of likely N-dealkylation sites (tertiary alicyclic amines) is 1. The molecule has 5 unspecified atom stereocenters. The van der Waals surface area contributed by atoms with Gasteiger partial charge in [0.2, 0.25) is 0 Å². The van der Waals surface area contributed by atoms with Gasteiger partial charge in [0.25, 0.3) is 0 Å². The third-order valence-corrected chi connectivity index (χ3v) is 10.7. The van der Waals surface area contributed by atoms with Crippen LogP contribution < -0.4 is 0 Å². The van der Waals surface area contributed by atoms with Crippen molar-refractivity contribution in [3.8, 4) is 0 Å². The van der Waals surface area contributed by atoms with E-state index in [1.165, 1.54) is 82.7 Å². The molecule has 3 aliphatic heterocycles. The highest BCUT2D eigenvalue weighted by atomic mass is 16.5. The second-order valence-electron chi connectivity index (χ2n) is 12.8. The van der Waals surface area contributed by atoms with Gasteiger partial charge in [0.05, 0.1) is 30.7 Å². The minimum Gasteiger partial charge on any atom is -0.468 e. The molecule has 0 radical (unpaired) electrons. The van der Waals surface area contributed by atoms with Crippen LogP contribution in [0.5, 0.6) is 0 Å². The van der Waals surface area contributed by atoms with Crippen molar-refractivity contribution in [1.82, 2.24) is 19.4 Å². The van der Waals surface area contributed by atoms with E-state index in [9.17, 15) is 4.79 Å². The van der Waals surface area contributed by atoms with Crippen LogP contribution in [0.15, 0.2) is 24.3 Å². The SMILES string of the molecule is CC.CC.CCC1CC(CC)CC(N2C3CCCC2CC(n2c(C4CCCN4CC(=O)OC)nc4ccccc42)C3)C1. The van der Waals surface area contributed by atoms with E-state index in [-0.39, 0.29) is 12.0 Å². The fourth-order valence-electron chi connectivity index (χ4n) is 8.86. The maximum atomic E-state index is 12.2. The number of para-hydroxylation sites is 2. The normalized spacial score (nSPS) is 31.5. The first kappa shape index (κ1) is 33.0. The van der Waals surface area contributed by atoms with Gasteiger partial charge >= 0.3 is 5.97 Å². The van der Waals surface area contributed by atoms with Gasteiger partial charge in [0.15, 0.2) is 0 Å². The van der Waals surface area contributed by atoms with Crippen molar-refractivity contribution < 1.29 is 9.53 Å². The number of hydrogen-bond acceptors (Lipinski definition) is 5. The van der Waals surface area contributed by atoms with Crippen LogP contribution >= 0.6 is 0 Å². The molecule has 4 aliphatic rings. The van der Waals surface area contributed by atoms with E-state index in [1.807, 2.05) is 27.7 Å². The molecule has 1 aliphatic carbocycles. The van der Waals surface area contributed by atoms with Crippen molar-refractivity contribution in [2.45, 2.75) is 149 Å². The van der Waals surface area contributed by atoms with Crippen LogP contribution in [0.4, 0.5) is 0 Å². The van der Waals surface area contributed by atoms with Crippen LogP contribution in [0, 0.1) is 11.8 Å². The molecule has 5 atom stereocenters. The van der Waals surface area contributed by atoms with Gasteiger partial charge in [-0.2, -0.15) is 0 Å². The number of benzene rings is 1. The van der Waals surface area contributed by atoms with E-state index in [0.29, 0.717) is 24.7 Å². The summed E-state index contributed by atoms with van der Waals surface area (Å²) in [6.45, 7) is 14.1. The number of ether oxygens (including phenoxy) is 1. The summed E-state index contributed by atoms with van der Waals surface area (Å²) in [5, 5.41) is 0. The van der Waals surface area contributed by atoms with Crippen LogP contribution in [0.2, 0.25) is 0 Å². The number of aromatic nitrogens is 2. The lowest BCUT2D eigenvalue weighted by Crippen LogP contribution is -2.58. The second kappa shape index (κ2) is 15.7. The monoisotopic (exact) mass is 580 g/mol. The van der Waals surface area contributed by atoms with E-state index in [0.717, 1.165) is 42.8 Å². The zero-order valence-corrected chi connectivity index (χ0v) is 27.9. The molecule has 4 heterocycles. The summed E-state index contributed by atoms with van der Waals surface area (Å²) < 4.78 is 7.67. The van der Waals surface area contributed by atoms with Gasteiger partial charge in [-0.15, -0.1) is 0 Å². The first-order valence-electron chi connectivity index (χ1n) is 17.6. The first-order valence-corrected chi connectivity index (χ1v) is 17.6. The number of rotatable bonds is 7. The smallest absolute Gasteiger partial charge is 0.319 e. The number of carbonyl (C=O) groups excluding carboxylic acids is 1. The quantitative estimate of drug-likeness (QED) is 0.307. The second-order valence-corrected chi connectivity index (χ2v) is 12.8. The van der Waals surface area contributed by atoms with Gasteiger partial charge in [-0.05, 0) is 88.3 Å². The molecule has 1 saturated carbocycles. The summed E-state index contributed by atoms with van der Waals surface area (Å²) in [5.74, 6) is 2.85. The van der Waals surface area contributed by atoms with Crippen LogP contribution in [-0.4, -0.2) is 63.6 Å². The predicted octanol–water partition coefficient (Wildman–Crippen LogP) is 8.56. The Balaban J connectivity index is 0.000000972. The number of piperidine rings is 2. The highest BCUT2D eigenvalue weighted by molar-refractivity contribution is 5.76. The molecule has 4 fully saturated rings.